The van der Waals surface area contributed by atoms with Crippen LogP contribution in [0.25, 0.3) is 0 Å². The molecule has 1 unspecified atom stereocenters. The summed E-state index contributed by atoms with van der Waals surface area (Å²) in [6, 6.07) is 13.8. The number of unbranched alkanes of at least 4 members (excludes halogenated alkanes) is 1. The third-order valence-corrected chi connectivity index (χ3v) is 4.67. The van der Waals surface area contributed by atoms with Gasteiger partial charge in [0.05, 0.1) is 13.7 Å². The van der Waals surface area contributed by atoms with Crippen LogP contribution in [0.2, 0.25) is 0 Å². The molecule has 0 saturated carbocycles. The number of aliphatic carboxylic acids is 1. The number of methoxy groups -OCH3 is 1. The Balaban J connectivity index is 2.12. The second kappa shape index (κ2) is 9.78. The molecule has 6 nitrogen and oxygen atoms in total. The van der Waals surface area contributed by atoms with Crippen LogP contribution >= 0.6 is 0 Å². The first-order chi connectivity index (χ1) is 13.4. The quantitative estimate of drug-likeness (QED) is 0.610. The first-order valence-corrected chi connectivity index (χ1v) is 9.30. The molecule has 1 atom stereocenters. The second-order valence-electron chi connectivity index (χ2n) is 6.75. The first-order valence-electron chi connectivity index (χ1n) is 9.30. The zero-order chi connectivity index (χ0) is 20.6. The zero-order valence-corrected chi connectivity index (χ0v) is 16.5. The van der Waals surface area contributed by atoms with Crippen LogP contribution < -0.4 is 14.8 Å². The molecule has 28 heavy (non-hydrogen) atoms. The lowest BCUT2D eigenvalue weighted by Crippen LogP contribution is -2.44. The summed E-state index contributed by atoms with van der Waals surface area (Å²) in [6.07, 6.45) is 1.95. The van der Waals surface area contributed by atoms with Crippen molar-refractivity contribution >= 4 is 11.9 Å². The minimum atomic E-state index is -1.23. The minimum absolute atomic E-state index is 0.0394. The highest BCUT2D eigenvalue weighted by molar-refractivity contribution is 5.95. The summed E-state index contributed by atoms with van der Waals surface area (Å²) in [5.41, 5.74) is -0.231. The average molecular weight is 385 g/mol. The lowest BCUT2D eigenvalue weighted by molar-refractivity contribution is -0.142. The minimum Gasteiger partial charge on any atom is -0.493 e. The Morgan fingerprint density at radius 2 is 1.82 bits per heavy atom. The predicted molar refractivity (Wildman–Crippen MR) is 107 cm³/mol. The van der Waals surface area contributed by atoms with Crippen molar-refractivity contribution in [2.45, 2.75) is 32.1 Å². The number of ether oxygens (including phenoxy) is 2. The number of rotatable bonds is 10. The number of carboxylic acid groups (broad SMARTS) is 1. The van der Waals surface area contributed by atoms with Gasteiger partial charge in [-0.1, -0.05) is 43.7 Å². The fourth-order valence-corrected chi connectivity index (χ4v) is 2.72. The number of hydrogen-bond acceptors (Lipinski definition) is 4. The number of benzene rings is 2. The maximum Gasteiger partial charge on any atom is 0.315 e. The Labute approximate surface area is 165 Å². The summed E-state index contributed by atoms with van der Waals surface area (Å²) in [4.78, 5) is 24.4. The van der Waals surface area contributed by atoms with Gasteiger partial charge in [-0.15, -0.1) is 0 Å². The van der Waals surface area contributed by atoms with Gasteiger partial charge in [0, 0.05) is 12.1 Å². The maximum atomic E-state index is 12.6. The van der Waals surface area contributed by atoms with Gasteiger partial charge in [-0.2, -0.15) is 0 Å². The topological polar surface area (TPSA) is 84.9 Å². The zero-order valence-electron chi connectivity index (χ0n) is 16.5. The molecule has 0 spiro atoms. The molecule has 6 heteroatoms. The van der Waals surface area contributed by atoms with E-state index in [1.807, 2.05) is 6.07 Å². The van der Waals surface area contributed by atoms with Crippen molar-refractivity contribution < 1.29 is 24.2 Å². The van der Waals surface area contributed by atoms with Gasteiger partial charge in [-0.25, -0.2) is 0 Å². The largest absolute Gasteiger partial charge is 0.493 e. The molecule has 0 aliphatic rings. The van der Waals surface area contributed by atoms with E-state index in [1.165, 1.54) is 7.11 Å². The van der Waals surface area contributed by atoms with Crippen LogP contribution in [-0.2, 0) is 10.2 Å². The Kier molecular flexibility index (Phi) is 7.44. The first kappa shape index (κ1) is 21.3. The van der Waals surface area contributed by atoms with Crippen molar-refractivity contribution in [2.75, 3.05) is 20.3 Å². The number of amides is 1. The van der Waals surface area contributed by atoms with Crippen molar-refractivity contribution in [3.63, 3.8) is 0 Å². The second-order valence-corrected chi connectivity index (χ2v) is 6.75. The number of carboxylic acids is 1. The summed E-state index contributed by atoms with van der Waals surface area (Å²) >= 11 is 0. The van der Waals surface area contributed by atoms with Gasteiger partial charge >= 0.3 is 5.97 Å². The Bertz CT molecular complexity index is 806. The Morgan fingerprint density at radius 1 is 1.11 bits per heavy atom. The molecule has 1 amide bonds. The van der Waals surface area contributed by atoms with Crippen LogP contribution in [0.15, 0.2) is 48.5 Å². The van der Waals surface area contributed by atoms with Crippen LogP contribution in [-0.4, -0.2) is 37.2 Å². The van der Waals surface area contributed by atoms with Gasteiger partial charge in [0.1, 0.15) is 5.41 Å². The van der Waals surface area contributed by atoms with Gasteiger partial charge in [0.15, 0.2) is 11.5 Å². The SMILES string of the molecule is CCCCOc1ccc(C(=O)NCC(C)(C(=O)O)c2ccccc2)cc1OC. The summed E-state index contributed by atoms with van der Waals surface area (Å²) in [5.74, 6) is -0.335. The fourth-order valence-electron chi connectivity index (χ4n) is 2.72. The van der Waals surface area contributed by atoms with E-state index in [4.69, 9.17) is 9.47 Å². The van der Waals surface area contributed by atoms with Crippen molar-refractivity contribution in [1.82, 2.24) is 5.32 Å². The molecule has 0 heterocycles. The third kappa shape index (κ3) is 5.03. The summed E-state index contributed by atoms with van der Waals surface area (Å²) in [7, 11) is 1.51. The molecule has 2 N–H and O–H groups in total. The summed E-state index contributed by atoms with van der Waals surface area (Å²) in [6.45, 7) is 4.21. The van der Waals surface area contributed by atoms with Gasteiger partial charge in [0.2, 0.25) is 0 Å². The lowest BCUT2D eigenvalue weighted by atomic mass is 9.82. The van der Waals surface area contributed by atoms with Gasteiger partial charge < -0.3 is 19.9 Å². The van der Waals surface area contributed by atoms with E-state index >= 15 is 0 Å². The molecule has 0 saturated heterocycles. The molecule has 0 radical (unpaired) electrons. The standard InChI is InChI=1S/C22H27NO5/c1-4-5-13-28-18-12-11-16(14-19(18)27-3)20(24)23-15-22(2,21(25)26)17-9-7-6-8-10-17/h6-12,14H,4-5,13,15H2,1-3H3,(H,23,24)(H,25,26). The maximum absolute atomic E-state index is 12.6. The van der Waals surface area contributed by atoms with Crippen molar-refractivity contribution in [2.24, 2.45) is 0 Å². The number of carbonyl (C=O) groups is 2. The Hall–Kier alpha value is -3.02. The summed E-state index contributed by atoms with van der Waals surface area (Å²) < 4.78 is 11.0. The van der Waals surface area contributed by atoms with E-state index in [-0.39, 0.29) is 12.5 Å². The number of hydrogen-bond donors (Lipinski definition) is 2. The van der Waals surface area contributed by atoms with Crippen LogP contribution in [0, 0.1) is 0 Å². The van der Waals surface area contributed by atoms with E-state index in [1.54, 1.807) is 49.4 Å². The molecule has 2 aromatic carbocycles. The van der Waals surface area contributed by atoms with Crippen LogP contribution in [0.3, 0.4) is 0 Å². The van der Waals surface area contributed by atoms with Crippen LogP contribution in [0.4, 0.5) is 0 Å². The highest BCUT2D eigenvalue weighted by Crippen LogP contribution is 2.29. The highest BCUT2D eigenvalue weighted by atomic mass is 16.5. The van der Waals surface area contributed by atoms with E-state index in [0.29, 0.717) is 29.2 Å². The fraction of sp³-hybridized carbons (Fsp3) is 0.364. The monoisotopic (exact) mass is 385 g/mol. The average Bonchev–Trinajstić information content (AvgIpc) is 2.72. The lowest BCUT2D eigenvalue weighted by Gasteiger charge is -2.25. The third-order valence-electron chi connectivity index (χ3n) is 4.67. The van der Waals surface area contributed by atoms with Crippen molar-refractivity contribution in [3.8, 4) is 11.5 Å². The molecule has 2 rings (SSSR count). The van der Waals surface area contributed by atoms with Crippen LogP contribution in [0.1, 0.15) is 42.6 Å². The van der Waals surface area contributed by atoms with Crippen LogP contribution in [0.5, 0.6) is 11.5 Å². The van der Waals surface area contributed by atoms with E-state index < -0.39 is 11.4 Å². The summed E-state index contributed by atoms with van der Waals surface area (Å²) in [5, 5.41) is 12.4. The van der Waals surface area contributed by atoms with E-state index in [9.17, 15) is 14.7 Å². The molecule has 0 aliphatic heterocycles. The molecule has 2 aromatic rings. The molecular formula is C22H27NO5. The van der Waals surface area contributed by atoms with Gasteiger partial charge in [-0.3, -0.25) is 9.59 Å². The molecule has 150 valence electrons. The highest BCUT2D eigenvalue weighted by Gasteiger charge is 2.35. The van der Waals surface area contributed by atoms with Gasteiger partial charge in [-0.05, 0) is 37.1 Å². The predicted octanol–water partition coefficient (Wildman–Crippen LogP) is 3.65. The van der Waals surface area contributed by atoms with Gasteiger partial charge in [0.25, 0.3) is 5.91 Å². The molecule has 0 fully saturated rings. The Morgan fingerprint density at radius 3 is 2.43 bits per heavy atom. The normalized spacial score (nSPS) is 12.7. The van der Waals surface area contributed by atoms with Crippen molar-refractivity contribution in [3.05, 3.63) is 59.7 Å². The molecule has 0 aromatic heterocycles. The van der Waals surface area contributed by atoms with E-state index in [2.05, 4.69) is 12.2 Å². The van der Waals surface area contributed by atoms with Crippen molar-refractivity contribution in [1.29, 1.82) is 0 Å². The number of nitrogens with one attached hydrogen (secondary N) is 1. The molecule has 0 bridgehead atoms. The molecular weight excluding hydrogens is 358 g/mol. The smallest absolute Gasteiger partial charge is 0.315 e. The molecule has 0 aliphatic carbocycles. The number of carbonyl (C=O) groups excluding carboxylic acids is 1. The van der Waals surface area contributed by atoms with E-state index in [0.717, 1.165) is 12.8 Å².